The highest BCUT2D eigenvalue weighted by molar-refractivity contribution is 6.30. The average Bonchev–Trinajstić information content (AvgIpc) is 2.95. The summed E-state index contributed by atoms with van der Waals surface area (Å²) in [5.41, 5.74) is 1.47. The molecule has 0 saturated carbocycles. The summed E-state index contributed by atoms with van der Waals surface area (Å²) in [6, 6.07) is 7.38. The molecule has 3 rings (SSSR count). The number of fused-ring (bicyclic) bond motifs is 1. The Labute approximate surface area is 170 Å². The molecule has 28 heavy (non-hydrogen) atoms. The number of hydrogen-bond acceptors (Lipinski definition) is 6. The number of nitrogens with zero attached hydrogens (tertiary/aromatic N) is 1. The minimum Gasteiger partial charge on any atom is -0.466 e. The number of halogens is 1. The molecule has 1 aromatic rings. The molecule has 2 aliphatic heterocycles. The first kappa shape index (κ1) is 20.7. The van der Waals surface area contributed by atoms with E-state index in [0.29, 0.717) is 17.1 Å². The van der Waals surface area contributed by atoms with Crippen LogP contribution in [0, 0.1) is 5.92 Å². The molecule has 1 aromatic carbocycles. The highest BCUT2D eigenvalue weighted by Gasteiger charge is 2.56. The van der Waals surface area contributed by atoms with Gasteiger partial charge in [0.05, 0.1) is 31.3 Å². The zero-order valence-corrected chi connectivity index (χ0v) is 17.6. The van der Waals surface area contributed by atoms with Crippen molar-refractivity contribution in [3.63, 3.8) is 0 Å². The first-order chi connectivity index (χ1) is 13.2. The van der Waals surface area contributed by atoms with Crippen LogP contribution in [-0.2, 0) is 23.8 Å². The molecular weight excluding hydrogens is 382 g/mol. The number of ether oxygens (including phenoxy) is 3. The lowest BCUT2D eigenvalue weighted by Gasteiger charge is -2.49. The van der Waals surface area contributed by atoms with Crippen molar-refractivity contribution in [2.24, 2.45) is 5.92 Å². The smallest absolute Gasteiger partial charge is 0.336 e. The monoisotopic (exact) mass is 407 g/mol. The summed E-state index contributed by atoms with van der Waals surface area (Å²) in [7, 11) is 1.37. The molecule has 0 bridgehead atoms. The van der Waals surface area contributed by atoms with Crippen molar-refractivity contribution in [1.82, 2.24) is 4.90 Å². The Morgan fingerprint density at radius 3 is 2.71 bits per heavy atom. The van der Waals surface area contributed by atoms with Crippen molar-refractivity contribution in [3.8, 4) is 0 Å². The number of carbonyl (C=O) groups is 2. The standard InChI is InChI=1S/C21H26ClNO5/c1-12-10-23-13(2)18(20(25)26-5)19(15-7-6-8-16(22)9-15)17(11-27-14(3)24)21(23,4)28-12/h6-9,12,17,19H,10-11H2,1-5H3/t12-,17-,19-,21-/m0/s1. The van der Waals surface area contributed by atoms with Crippen LogP contribution in [0.3, 0.4) is 0 Å². The number of benzene rings is 1. The number of rotatable bonds is 4. The van der Waals surface area contributed by atoms with Gasteiger partial charge in [-0.3, -0.25) is 4.79 Å². The summed E-state index contributed by atoms with van der Waals surface area (Å²) in [5.74, 6) is -1.50. The molecule has 0 unspecified atom stereocenters. The van der Waals surface area contributed by atoms with Gasteiger partial charge in [0.2, 0.25) is 0 Å². The lowest BCUT2D eigenvalue weighted by molar-refractivity contribution is -0.162. The zero-order chi connectivity index (χ0) is 20.6. The van der Waals surface area contributed by atoms with E-state index in [1.165, 1.54) is 14.0 Å². The van der Waals surface area contributed by atoms with Crippen LogP contribution in [0.4, 0.5) is 0 Å². The third kappa shape index (κ3) is 3.51. The number of allylic oxidation sites excluding steroid dienone is 1. The van der Waals surface area contributed by atoms with Gasteiger partial charge < -0.3 is 19.1 Å². The number of esters is 2. The molecule has 0 N–H and O–H groups in total. The highest BCUT2D eigenvalue weighted by Crippen LogP contribution is 2.51. The summed E-state index contributed by atoms with van der Waals surface area (Å²) in [6.07, 6.45) is -0.0308. The van der Waals surface area contributed by atoms with E-state index in [4.69, 9.17) is 25.8 Å². The van der Waals surface area contributed by atoms with Gasteiger partial charge in [0, 0.05) is 30.1 Å². The van der Waals surface area contributed by atoms with Gasteiger partial charge in [-0.15, -0.1) is 0 Å². The van der Waals surface area contributed by atoms with Crippen molar-refractivity contribution >= 4 is 23.5 Å². The number of carbonyl (C=O) groups excluding carboxylic acids is 2. The van der Waals surface area contributed by atoms with Crippen molar-refractivity contribution < 1.29 is 23.8 Å². The maximum absolute atomic E-state index is 12.8. The Hall–Kier alpha value is -2.05. The minimum atomic E-state index is -0.733. The van der Waals surface area contributed by atoms with Gasteiger partial charge in [0.25, 0.3) is 0 Å². The van der Waals surface area contributed by atoms with Crippen molar-refractivity contribution in [2.75, 3.05) is 20.3 Å². The molecule has 2 heterocycles. The first-order valence-electron chi connectivity index (χ1n) is 9.32. The Morgan fingerprint density at radius 2 is 2.11 bits per heavy atom. The molecule has 1 fully saturated rings. The molecule has 2 aliphatic rings. The van der Waals surface area contributed by atoms with Crippen molar-refractivity contribution in [3.05, 3.63) is 46.1 Å². The van der Waals surface area contributed by atoms with E-state index >= 15 is 0 Å². The van der Waals surface area contributed by atoms with Gasteiger partial charge in [-0.1, -0.05) is 23.7 Å². The second-order valence-electron chi connectivity index (χ2n) is 7.53. The van der Waals surface area contributed by atoms with Crippen LogP contribution in [0.1, 0.15) is 39.2 Å². The minimum absolute atomic E-state index is 0.0308. The summed E-state index contributed by atoms with van der Waals surface area (Å²) in [6.45, 7) is 8.01. The van der Waals surface area contributed by atoms with E-state index in [1.807, 2.05) is 39.0 Å². The lowest BCUT2D eigenvalue weighted by Crippen LogP contribution is -2.56. The zero-order valence-electron chi connectivity index (χ0n) is 16.8. The highest BCUT2D eigenvalue weighted by atomic mass is 35.5. The molecule has 4 atom stereocenters. The third-order valence-electron chi connectivity index (χ3n) is 5.69. The normalized spacial score (nSPS) is 29.5. The van der Waals surface area contributed by atoms with Crippen LogP contribution < -0.4 is 0 Å². The second kappa shape index (κ2) is 7.76. The average molecular weight is 408 g/mol. The predicted octanol–water partition coefficient (Wildman–Crippen LogP) is 3.50. The largest absolute Gasteiger partial charge is 0.466 e. The molecule has 0 amide bonds. The van der Waals surface area contributed by atoms with Crippen LogP contribution in [0.5, 0.6) is 0 Å². The maximum Gasteiger partial charge on any atom is 0.336 e. The van der Waals surface area contributed by atoms with Crippen LogP contribution in [0.2, 0.25) is 5.02 Å². The second-order valence-corrected chi connectivity index (χ2v) is 7.96. The van der Waals surface area contributed by atoms with Gasteiger partial charge in [0.1, 0.15) is 5.72 Å². The maximum atomic E-state index is 12.8. The quantitative estimate of drug-likeness (QED) is 0.712. The van der Waals surface area contributed by atoms with Crippen molar-refractivity contribution in [1.29, 1.82) is 0 Å². The van der Waals surface area contributed by atoms with E-state index in [2.05, 4.69) is 4.90 Å². The molecule has 6 nitrogen and oxygen atoms in total. The Morgan fingerprint density at radius 1 is 1.39 bits per heavy atom. The molecule has 7 heteroatoms. The summed E-state index contributed by atoms with van der Waals surface area (Å²) >= 11 is 6.25. The molecule has 0 spiro atoms. The fourth-order valence-electron chi connectivity index (χ4n) is 4.53. The van der Waals surface area contributed by atoms with Crippen LogP contribution in [-0.4, -0.2) is 48.9 Å². The van der Waals surface area contributed by atoms with E-state index in [0.717, 1.165) is 11.3 Å². The fraction of sp³-hybridized carbons (Fsp3) is 0.524. The Bertz CT molecular complexity index is 823. The van der Waals surface area contributed by atoms with Crippen LogP contribution in [0.25, 0.3) is 0 Å². The molecule has 0 radical (unpaired) electrons. The Balaban J connectivity index is 2.21. The van der Waals surface area contributed by atoms with Crippen LogP contribution >= 0.6 is 11.6 Å². The van der Waals surface area contributed by atoms with Crippen molar-refractivity contribution in [2.45, 2.75) is 45.4 Å². The Kier molecular flexibility index (Phi) is 5.73. The van der Waals surface area contributed by atoms with Gasteiger partial charge in [-0.2, -0.15) is 0 Å². The SMILES string of the molecule is COC(=O)C1=C(C)N2C[C@H](C)O[C@@]2(C)[C@@H](COC(C)=O)[C@@H]1c1cccc(Cl)c1. The van der Waals surface area contributed by atoms with Gasteiger partial charge in [-0.05, 0) is 38.5 Å². The molecule has 1 saturated heterocycles. The molecular formula is C21H26ClNO5. The van der Waals surface area contributed by atoms with E-state index in [9.17, 15) is 9.59 Å². The first-order valence-corrected chi connectivity index (χ1v) is 9.70. The van der Waals surface area contributed by atoms with Gasteiger partial charge in [-0.25, -0.2) is 4.79 Å². The predicted molar refractivity (Wildman–Crippen MR) is 105 cm³/mol. The van der Waals surface area contributed by atoms with Gasteiger partial charge in [0.15, 0.2) is 0 Å². The third-order valence-corrected chi connectivity index (χ3v) is 5.93. The molecule has 152 valence electrons. The molecule has 0 aromatic heterocycles. The summed E-state index contributed by atoms with van der Waals surface area (Å²) in [5, 5.41) is 0.568. The van der Waals surface area contributed by atoms with Crippen LogP contribution in [0.15, 0.2) is 35.5 Å². The number of methoxy groups -OCH3 is 1. The topological polar surface area (TPSA) is 65.1 Å². The van der Waals surface area contributed by atoms with E-state index < -0.39 is 17.6 Å². The summed E-state index contributed by atoms with van der Waals surface area (Å²) < 4.78 is 16.9. The van der Waals surface area contributed by atoms with E-state index in [-0.39, 0.29) is 24.6 Å². The van der Waals surface area contributed by atoms with E-state index in [1.54, 1.807) is 6.07 Å². The van der Waals surface area contributed by atoms with Gasteiger partial charge >= 0.3 is 11.9 Å². The lowest BCUT2D eigenvalue weighted by atomic mass is 9.71. The summed E-state index contributed by atoms with van der Waals surface area (Å²) in [4.78, 5) is 26.5. The molecule has 0 aliphatic carbocycles. The number of hydrogen-bond donors (Lipinski definition) is 0. The fourth-order valence-corrected chi connectivity index (χ4v) is 4.73.